The van der Waals surface area contributed by atoms with Crippen LogP contribution < -0.4 is 25.0 Å². The zero-order valence-corrected chi connectivity index (χ0v) is 23.9. The first kappa shape index (κ1) is 28.7. The van der Waals surface area contributed by atoms with Crippen LogP contribution in [0, 0.1) is 0 Å². The summed E-state index contributed by atoms with van der Waals surface area (Å²) in [4.78, 5) is 29.9. The van der Waals surface area contributed by atoms with Crippen molar-refractivity contribution in [3.8, 4) is 11.5 Å². The molecule has 40 heavy (non-hydrogen) atoms. The molecule has 0 aromatic heterocycles. The molecule has 0 atom stereocenters. The summed E-state index contributed by atoms with van der Waals surface area (Å²) in [6, 6.07) is 21.1. The average molecular weight is 543 g/mol. The van der Waals surface area contributed by atoms with Crippen molar-refractivity contribution < 1.29 is 19.1 Å². The maximum atomic E-state index is 13.4. The zero-order chi connectivity index (χ0) is 28.6. The van der Waals surface area contributed by atoms with Crippen LogP contribution in [0.3, 0.4) is 0 Å². The molecule has 1 aliphatic heterocycles. The summed E-state index contributed by atoms with van der Waals surface area (Å²) in [5, 5.41) is 6.47. The number of rotatable bonds is 12. The Morgan fingerprint density at radius 1 is 0.875 bits per heavy atom. The topological polar surface area (TPSA) is 83.1 Å². The zero-order valence-electron chi connectivity index (χ0n) is 23.9. The lowest BCUT2D eigenvalue weighted by atomic mass is 9.99. The molecule has 0 spiro atoms. The standard InChI is InChI=1S/C32H38N4O4/c1-6-36(7-2)21-29(37)35(5)24-17-15-23(16-18-24)33-31(22-13-11-10-12-14-22)30-25-19-27(39-8-3)28(40-9-4)20-26(25)34-32(30)38/h10-20,33H,6-9,21H2,1-5H3,(H,34,38). The summed E-state index contributed by atoms with van der Waals surface area (Å²) in [7, 11) is 1.79. The summed E-state index contributed by atoms with van der Waals surface area (Å²) < 4.78 is 11.6. The number of anilines is 3. The second-order valence-electron chi connectivity index (χ2n) is 9.37. The molecular formula is C32H38N4O4. The molecule has 0 fully saturated rings. The molecular weight excluding hydrogens is 504 g/mol. The number of benzene rings is 3. The maximum absolute atomic E-state index is 13.4. The van der Waals surface area contributed by atoms with Gasteiger partial charge in [0.05, 0.1) is 36.7 Å². The van der Waals surface area contributed by atoms with E-state index in [0.717, 1.165) is 35.6 Å². The summed E-state index contributed by atoms with van der Waals surface area (Å²) >= 11 is 0. The predicted octanol–water partition coefficient (Wildman–Crippen LogP) is 5.72. The highest BCUT2D eigenvalue weighted by Crippen LogP contribution is 2.43. The van der Waals surface area contributed by atoms with Crippen LogP contribution in [0.5, 0.6) is 11.5 Å². The van der Waals surface area contributed by atoms with E-state index in [4.69, 9.17) is 9.47 Å². The van der Waals surface area contributed by atoms with E-state index in [0.29, 0.717) is 48.2 Å². The van der Waals surface area contributed by atoms with Crippen molar-refractivity contribution >= 4 is 40.1 Å². The Morgan fingerprint density at radius 3 is 2.10 bits per heavy atom. The van der Waals surface area contributed by atoms with E-state index in [1.807, 2.05) is 80.6 Å². The van der Waals surface area contributed by atoms with Gasteiger partial charge in [0.2, 0.25) is 5.91 Å². The highest BCUT2D eigenvalue weighted by Gasteiger charge is 2.30. The molecule has 0 aliphatic carbocycles. The van der Waals surface area contributed by atoms with Gasteiger partial charge in [-0.25, -0.2) is 0 Å². The third-order valence-electron chi connectivity index (χ3n) is 6.89. The summed E-state index contributed by atoms with van der Waals surface area (Å²) in [6.45, 7) is 10.9. The fourth-order valence-electron chi connectivity index (χ4n) is 4.65. The average Bonchev–Trinajstić information content (AvgIpc) is 3.29. The Morgan fingerprint density at radius 2 is 1.50 bits per heavy atom. The van der Waals surface area contributed by atoms with E-state index in [9.17, 15) is 9.59 Å². The molecule has 2 amide bonds. The van der Waals surface area contributed by atoms with Crippen molar-refractivity contribution in [2.24, 2.45) is 0 Å². The molecule has 1 heterocycles. The minimum Gasteiger partial charge on any atom is -0.490 e. The van der Waals surface area contributed by atoms with Gasteiger partial charge in [0.25, 0.3) is 5.91 Å². The number of fused-ring (bicyclic) bond motifs is 1. The second-order valence-corrected chi connectivity index (χ2v) is 9.37. The van der Waals surface area contributed by atoms with Gasteiger partial charge in [-0.05, 0) is 62.8 Å². The normalized spacial score (nSPS) is 13.5. The quantitative estimate of drug-likeness (QED) is 0.285. The van der Waals surface area contributed by atoms with Crippen molar-refractivity contribution in [3.05, 3.63) is 77.9 Å². The van der Waals surface area contributed by atoms with Gasteiger partial charge in [0.15, 0.2) is 11.5 Å². The highest BCUT2D eigenvalue weighted by atomic mass is 16.5. The predicted molar refractivity (Wildman–Crippen MR) is 162 cm³/mol. The number of hydrogen-bond donors (Lipinski definition) is 2. The van der Waals surface area contributed by atoms with Crippen LogP contribution >= 0.6 is 0 Å². The second kappa shape index (κ2) is 13.2. The minimum absolute atomic E-state index is 0.0345. The molecule has 0 radical (unpaired) electrons. The van der Waals surface area contributed by atoms with E-state index in [1.165, 1.54) is 0 Å². The molecule has 0 unspecified atom stereocenters. The number of ether oxygens (including phenoxy) is 2. The lowest BCUT2D eigenvalue weighted by Crippen LogP contribution is -2.38. The number of carbonyl (C=O) groups is 2. The van der Waals surface area contributed by atoms with Crippen LogP contribution in [0.25, 0.3) is 11.3 Å². The van der Waals surface area contributed by atoms with E-state index in [1.54, 1.807) is 11.9 Å². The Kier molecular flexibility index (Phi) is 9.45. The Labute approximate surface area is 236 Å². The van der Waals surface area contributed by atoms with E-state index in [2.05, 4.69) is 29.4 Å². The van der Waals surface area contributed by atoms with Crippen molar-refractivity contribution in [2.45, 2.75) is 27.7 Å². The van der Waals surface area contributed by atoms with Gasteiger partial charge < -0.3 is 25.0 Å². The van der Waals surface area contributed by atoms with E-state index in [-0.39, 0.29) is 11.8 Å². The number of carbonyl (C=O) groups excluding carboxylic acids is 2. The van der Waals surface area contributed by atoms with Crippen LogP contribution in [0.15, 0.2) is 66.7 Å². The van der Waals surface area contributed by atoms with Crippen molar-refractivity contribution in [2.75, 3.05) is 55.4 Å². The van der Waals surface area contributed by atoms with Gasteiger partial charge in [0, 0.05) is 30.1 Å². The van der Waals surface area contributed by atoms with Crippen LogP contribution in [-0.4, -0.2) is 56.6 Å². The fraction of sp³-hybridized carbons (Fsp3) is 0.312. The van der Waals surface area contributed by atoms with Gasteiger partial charge in [-0.2, -0.15) is 0 Å². The molecule has 8 heteroatoms. The Hall–Kier alpha value is -4.30. The van der Waals surface area contributed by atoms with Gasteiger partial charge in [-0.15, -0.1) is 0 Å². The summed E-state index contributed by atoms with van der Waals surface area (Å²) in [6.07, 6.45) is 0. The highest BCUT2D eigenvalue weighted by molar-refractivity contribution is 6.37. The van der Waals surface area contributed by atoms with Gasteiger partial charge in [0.1, 0.15) is 0 Å². The van der Waals surface area contributed by atoms with Crippen molar-refractivity contribution in [1.29, 1.82) is 0 Å². The first-order valence-corrected chi connectivity index (χ1v) is 13.8. The Balaban J connectivity index is 1.70. The monoisotopic (exact) mass is 542 g/mol. The summed E-state index contributed by atoms with van der Waals surface area (Å²) in [5.41, 5.74) is 5.04. The van der Waals surface area contributed by atoms with E-state index < -0.39 is 0 Å². The fourth-order valence-corrected chi connectivity index (χ4v) is 4.65. The van der Waals surface area contributed by atoms with Gasteiger partial charge >= 0.3 is 0 Å². The number of hydrogen-bond acceptors (Lipinski definition) is 6. The van der Waals surface area contributed by atoms with Crippen LogP contribution in [0.2, 0.25) is 0 Å². The molecule has 0 saturated carbocycles. The van der Waals surface area contributed by atoms with Crippen LogP contribution in [0.1, 0.15) is 38.8 Å². The number of nitrogens with one attached hydrogen (secondary N) is 2. The smallest absolute Gasteiger partial charge is 0.258 e. The van der Waals surface area contributed by atoms with Crippen LogP contribution in [-0.2, 0) is 9.59 Å². The molecule has 0 bridgehead atoms. The third-order valence-corrected chi connectivity index (χ3v) is 6.89. The molecule has 210 valence electrons. The number of likely N-dealkylation sites (N-methyl/N-ethyl adjacent to an activating group) is 2. The number of amides is 2. The summed E-state index contributed by atoms with van der Waals surface area (Å²) in [5.74, 6) is 1.00. The lowest BCUT2D eigenvalue weighted by molar-refractivity contribution is -0.119. The van der Waals surface area contributed by atoms with Crippen molar-refractivity contribution in [1.82, 2.24) is 4.90 Å². The largest absolute Gasteiger partial charge is 0.490 e. The molecule has 3 aromatic carbocycles. The molecule has 1 aliphatic rings. The van der Waals surface area contributed by atoms with Crippen molar-refractivity contribution in [3.63, 3.8) is 0 Å². The molecule has 4 rings (SSSR count). The first-order chi connectivity index (χ1) is 19.4. The maximum Gasteiger partial charge on any atom is 0.258 e. The lowest BCUT2D eigenvalue weighted by Gasteiger charge is -2.23. The first-order valence-electron chi connectivity index (χ1n) is 13.8. The van der Waals surface area contributed by atoms with Crippen LogP contribution in [0.4, 0.5) is 17.1 Å². The SMILES string of the molecule is CCOc1cc2c(cc1OCC)C(=C(Nc1ccc(N(C)C(=O)CN(CC)CC)cc1)c1ccccc1)C(=O)N2. The molecule has 0 saturated heterocycles. The molecule has 8 nitrogen and oxygen atoms in total. The molecule has 3 aromatic rings. The van der Waals surface area contributed by atoms with Gasteiger partial charge in [-0.1, -0.05) is 44.2 Å². The Bertz CT molecular complexity index is 1370. The van der Waals surface area contributed by atoms with E-state index >= 15 is 0 Å². The number of nitrogens with zero attached hydrogens (tertiary/aromatic N) is 2. The molecule has 2 N–H and O–H groups in total. The minimum atomic E-state index is -0.212. The van der Waals surface area contributed by atoms with Gasteiger partial charge in [-0.3, -0.25) is 14.5 Å². The third kappa shape index (κ3) is 6.29.